The van der Waals surface area contributed by atoms with Gasteiger partial charge in [0.05, 0.1) is 17.2 Å². The van der Waals surface area contributed by atoms with E-state index in [1.54, 1.807) is 19.9 Å². The summed E-state index contributed by atoms with van der Waals surface area (Å²) in [7, 11) is 0. The number of amides is 1. The van der Waals surface area contributed by atoms with Crippen LogP contribution in [0.1, 0.15) is 40.9 Å². The molecule has 0 radical (unpaired) electrons. The van der Waals surface area contributed by atoms with Crippen molar-refractivity contribution in [2.75, 3.05) is 11.9 Å². The number of ether oxygens (including phenoxy) is 2. The van der Waals surface area contributed by atoms with E-state index in [2.05, 4.69) is 11.4 Å². The Labute approximate surface area is 164 Å². The number of rotatable bonds is 6. The lowest BCUT2D eigenvalue weighted by atomic mass is 10.1. The topological polar surface area (TPSA) is 64.6 Å². The van der Waals surface area contributed by atoms with Crippen molar-refractivity contribution >= 4 is 29.2 Å². The quantitative estimate of drug-likeness (QED) is 0.717. The largest absolute Gasteiger partial charge is 0.481 e. The molecule has 1 atom stereocenters. The first-order valence-corrected chi connectivity index (χ1v) is 9.12. The molecule has 0 spiro atoms. The van der Waals surface area contributed by atoms with Gasteiger partial charge in [-0.3, -0.25) is 4.79 Å². The number of carbonyl (C=O) groups excluding carboxylic acids is 2. The molecule has 0 bridgehead atoms. The third-order valence-electron chi connectivity index (χ3n) is 4.17. The summed E-state index contributed by atoms with van der Waals surface area (Å²) in [6, 6.07) is 8.62. The molecule has 2 aromatic rings. The average molecular weight is 390 g/mol. The van der Waals surface area contributed by atoms with Crippen molar-refractivity contribution in [1.29, 1.82) is 0 Å². The predicted molar refractivity (Wildman–Crippen MR) is 107 cm³/mol. The second-order valence-corrected chi connectivity index (χ2v) is 6.78. The number of carbonyl (C=O) groups is 2. The van der Waals surface area contributed by atoms with Crippen LogP contribution in [0.15, 0.2) is 30.3 Å². The fraction of sp³-hybridized carbons (Fsp3) is 0.333. The molecule has 1 amide bonds. The van der Waals surface area contributed by atoms with Crippen molar-refractivity contribution in [3.05, 3.63) is 57.6 Å². The third-order valence-corrected chi connectivity index (χ3v) is 4.48. The first-order chi connectivity index (χ1) is 12.7. The Bertz CT molecular complexity index is 864. The van der Waals surface area contributed by atoms with Gasteiger partial charge in [-0.25, -0.2) is 4.79 Å². The maximum absolute atomic E-state index is 12.5. The SMILES string of the molecule is CCOC(=O)c1ccc(NC(=O)[C@H](C)Oc2cc(C)cc(C)c2C)cc1Cl. The molecule has 2 aromatic carbocycles. The van der Waals surface area contributed by atoms with Gasteiger partial charge in [0.2, 0.25) is 0 Å². The van der Waals surface area contributed by atoms with Gasteiger partial charge in [-0.05, 0) is 75.6 Å². The van der Waals surface area contributed by atoms with Crippen LogP contribution < -0.4 is 10.1 Å². The monoisotopic (exact) mass is 389 g/mol. The lowest BCUT2D eigenvalue weighted by Gasteiger charge is -2.18. The van der Waals surface area contributed by atoms with Gasteiger partial charge < -0.3 is 14.8 Å². The van der Waals surface area contributed by atoms with E-state index in [9.17, 15) is 9.59 Å². The summed E-state index contributed by atoms with van der Waals surface area (Å²) < 4.78 is 10.8. The summed E-state index contributed by atoms with van der Waals surface area (Å²) in [5.41, 5.74) is 3.92. The lowest BCUT2D eigenvalue weighted by Crippen LogP contribution is -2.30. The van der Waals surface area contributed by atoms with Gasteiger partial charge in [0.25, 0.3) is 5.91 Å². The molecule has 0 aliphatic heterocycles. The molecule has 0 heterocycles. The molecule has 0 aromatic heterocycles. The van der Waals surface area contributed by atoms with Gasteiger partial charge in [0.15, 0.2) is 6.10 Å². The number of hydrogen-bond donors (Lipinski definition) is 1. The first-order valence-electron chi connectivity index (χ1n) is 8.75. The minimum absolute atomic E-state index is 0.213. The number of esters is 1. The standard InChI is InChI=1S/C21H24ClNO4/c1-6-26-21(25)17-8-7-16(11-18(17)22)23-20(24)15(5)27-19-10-12(2)9-13(3)14(19)4/h7-11,15H,6H2,1-5H3,(H,23,24)/t15-/m0/s1. The Morgan fingerprint density at radius 3 is 2.48 bits per heavy atom. The summed E-state index contributed by atoms with van der Waals surface area (Å²) in [4.78, 5) is 24.2. The van der Waals surface area contributed by atoms with Crippen molar-refractivity contribution in [3.63, 3.8) is 0 Å². The van der Waals surface area contributed by atoms with Crippen LogP contribution in [0, 0.1) is 20.8 Å². The molecule has 144 valence electrons. The van der Waals surface area contributed by atoms with Crippen LogP contribution in [-0.2, 0) is 9.53 Å². The molecule has 1 N–H and O–H groups in total. The highest BCUT2D eigenvalue weighted by Crippen LogP contribution is 2.25. The molecular formula is C21H24ClNO4. The van der Waals surface area contributed by atoms with E-state index in [-0.39, 0.29) is 23.1 Å². The summed E-state index contributed by atoms with van der Waals surface area (Å²) in [5, 5.41) is 2.96. The number of aryl methyl sites for hydroxylation is 2. The fourth-order valence-electron chi connectivity index (χ4n) is 2.58. The number of benzene rings is 2. The molecule has 0 fully saturated rings. The van der Waals surface area contributed by atoms with Crippen LogP contribution in [0.25, 0.3) is 0 Å². The molecular weight excluding hydrogens is 366 g/mol. The molecule has 0 aliphatic carbocycles. The van der Waals surface area contributed by atoms with Crippen molar-refractivity contribution < 1.29 is 19.1 Å². The molecule has 0 unspecified atom stereocenters. The molecule has 27 heavy (non-hydrogen) atoms. The maximum Gasteiger partial charge on any atom is 0.339 e. The van der Waals surface area contributed by atoms with Crippen molar-refractivity contribution in [1.82, 2.24) is 0 Å². The van der Waals surface area contributed by atoms with Crippen LogP contribution in [0.5, 0.6) is 5.75 Å². The highest BCUT2D eigenvalue weighted by molar-refractivity contribution is 6.34. The minimum Gasteiger partial charge on any atom is -0.481 e. The van der Waals surface area contributed by atoms with E-state index in [4.69, 9.17) is 21.1 Å². The van der Waals surface area contributed by atoms with Crippen molar-refractivity contribution in [3.8, 4) is 5.75 Å². The summed E-state index contributed by atoms with van der Waals surface area (Å²) in [6.07, 6.45) is -0.701. The molecule has 0 saturated heterocycles. The van der Waals surface area contributed by atoms with Crippen LogP contribution in [0.2, 0.25) is 5.02 Å². The minimum atomic E-state index is -0.701. The van der Waals surface area contributed by atoms with Gasteiger partial charge >= 0.3 is 5.97 Å². The second kappa shape index (κ2) is 8.91. The molecule has 6 heteroatoms. The third kappa shape index (κ3) is 5.23. The number of nitrogens with one attached hydrogen (secondary N) is 1. The summed E-state index contributed by atoms with van der Waals surface area (Å²) in [6.45, 7) is 9.62. The van der Waals surface area contributed by atoms with Gasteiger partial charge in [0, 0.05) is 5.69 Å². The van der Waals surface area contributed by atoms with E-state index in [1.807, 2.05) is 26.8 Å². The fourth-order valence-corrected chi connectivity index (χ4v) is 2.84. The van der Waals surface area contributed by atoms with E-state index < -0.39 is 12.1 Å². The van der Waals surface area contributed by atoms with E-state index >= 15 is 0 Å². The number of anilines is 1. The first kappa shape index (κ1) is 20.8. The predicted octanol–water partition coefficient (Wildman–Crippen LogP) is 4.85. The summed E-state index contributed by atoms with van der Waals surface area (Å²) >= 11 is 6.13. The molecule has 0 saturated carbocycles. The smallest absolute Gasteiger partial charge is 0.339 e. The van der Waals surface area contributed by atoms with Crippen LogP contribution in [0.3, 0.4) is 0 Å². The Kier molecular flexibility index (Phi) is 6.86. The number of hydrogen-bond acceptors (Lipinski definition) is 4. The van der Waals surface area contributed by atoms with Gasteiger partial charge in [-0.15, -0.1) is 0 Å². The van der Waals surface area contributed by atoms with Crippen LogP contribution in [0.4, 0.5) is 5.69 Å². The lowest BCUT2D eigenvalue weighted by molar-refractivity contribution is -0.122. The van der Waals surface area contributed by atoms with Crippen LogP contribution >= 0.6 is 11.6 Å². The zero-order valence-electron chi connectivity index (χ0n) is 16.2. The Balaban J connectivity index is 2.08. The molecule has 0 aliphatic rings. The maximum atomic E-state index is 12.5. The Hall–Kier alpha value is -2.53. The van der Waals surface area contributed by atoms with Crippen LogP contribution in [-0.4, -0.2) is 24.6 Å². The molecule has 5 nitrogen and oxygen atoms in total. The highest BCUT2D eigenvalue weighted by Gasteiger charge is 2.18. The van der Waals surface area contributed by atoms with Crippen molar-refractivity contribution in [2.45, 2.75) is 40.7 Å². The van der Waals surface area contributed by atoms with E-state index in [0.29, 0.717) is 11.4 Å². The Morgan fingerprint density at radius 1 is 1.15 bits per heavy atom. The van der Waals surface area contributed by atoms with E-state index in [1.165, 1.54) is 12.1 Å². The highest BCUT2D eigenvalue weighted by atomic mass is 35.5. The number of halogens is 1. The van der Waals surface area contributed by atoms with Gasteiger partial charge in [-0.1, -0.05) is 17.7 Å². The zero-order valence-corrected chi connectivity index (χ0v) is 16.9. The molecule has 2 rings (SSSR count). The van der Waals surface area contributed by atoms with Gasteiger partial charge in [-0.2, -0.15) is 0 Å². The van der Waals surface area contributed by atoms with Gasteiger partial charge in [0.1, 0.15) is 5.75 Å². The average Bonchev–Trinajstić information content (AvgIpc) is 2.59. The summed E-state index contributed by atoms with van der Waals surface area (Å²) in [5.74, 6) is -0.123. The normalized spacial score (nSPS) is 11.6. The Morgan fingerprint density at radius 2 is 1.85 bits per heavy atom. The second-order valence-electron chi connectivity index (χ2n) is 6.37. The van der Waals surface area contributed by atoms with Crippen molar-refractivity contribution in [2.24, 2.45) is 0 Å². The zero-order chi connectivity index (χ0) is 20.1. The van der Waals surface area contributed by atoms with E-state index in [0.717, 1.165) is 16.7 Å².